The van der Waals surface area contributed by atoms with Crippen molar-refractivity contribution in [2.24, 2.45) is 0 Å². The van der Waals surface area contributed by atoms with Crippen molar-refractivity contribution in [3.63, 3.8) is 0 Å². The minimum Gasteiger partial charge on any atom is -0.497 e. The van der Waals surface area contributed by atoms with Crippen LogP contribution < -0.4 is 9.46 Å². The molecule has 17 heavy (non-hydrogen) atoms. The van der Waals surface area contributed by atoms with Crippen LogP contribution in [0.5, 0.6) is 5.75 Å². The van der Waals surface area contributed by atoms with Gasteiger partial charge in [0.25, 0.3) is 0 Å². The summed E-state index contributed by atoms with van der Waals surface area (Å²) in [7, 11) is -2.43. The van der Waals surface area contributed by atoms with E-state index in [-0.39, 0.29) is 0 Å². The van der Waals surface area contributed by atoms with Crippen molar-refractivity contribution in [3.05, 3.63) is 24.3 Å². The Morgan fingerprint density at radius 3 is 2.29 bits per heavy atom. The second kappa shape index (κ2) is 5.05. The molecule has 0 saturated heterocycles. The Morgan fingerprint density at radius 1 is 1.35 bits per heavy atom. The molecule has 6 nitrogen and oxygen atoms in total. The summed E-state index contributed by atoms with van der Waals surface area (Å²) in [6.07, 6.45) is 0. The number of sulfonamides is 1. The van der Waals surface area contributed by atoms with E-state index in [1.165, 1.54) is 19.2 Å². The van der Waals surface area contributed by atoms with Gasteiger partial charge in [-0.2, -0.15) is 0 Å². The summed E-state index contributed by atoms with van der Waals surface area (Å²) in [4.78, 5) is 10.6. The van der Waals surface area contributed by atoms with Gasteiger partial charge in [-0.3, -0.25) is 9.52 Å². The molecule has 94 valence electrons. The summed E-state index contributed by atoms with van der Waals surface area (Å²) in [5.74, 6) is -0.815. The second-order valence-corrected chi connectivity index (χ2v) is 5.36. The van der Waals surface area contributed by atoms with Gasteiger partial charge in [-0.05, 0) is 31.2 Å². The maximum Gasteiger partial charge on any atom is 0.323 e. The molecule has 1 aromatic carbocycles. The summed E-state index contributed by atoms with van der Waals surface area (Å²) in [5.41, 5.74) is 0.291. The van der Waals surface area contributed by atoms with Gasteiger partial charge in [-0.25, -0.2) is 8.42 Å². The van der Waals surface area contributed by atoms with Crippen LogP contribution in [-0.4, -0.2) is 31.9 Å². The lowest BCUT2D eigenvalue weighted by Gasteiger charge is -2.11. The molecule has 1 atom stereocenters. The van der Waals surface area contributed by atoms with Crippen LogP contribution in [0.4, 0.5) is 5.69 Å². The fraction of sp³-hybridized carbons (Fsp3) is 0.300. The van der Waals surface area contributed by atoms with Crippen LogP contribution in [0.2, 0.25) is 0 Å². The highest BCUT2D eigenvalue weighted by molar-refractivity contribution is 7.94. The van der Waals surface area contributed by atoms with Crippen LogP contribution in [0.3, 0.4) is 0 Å². The monoisotopic (exact) mass is 259 g/mol. The largest absolute Gasteiger partial charge is 0.497 e. The van der Waals surface area contributed by atoms with Gasteiger partial charge in [-0.15, -0.1) is 0 Å². The predicted molar refractivity (Wildman–Crippen MR) is 62.6 cm³/mol. The van der Waals surface area contributed by atoms with Gasteiger partial charge in [0.1, 0.15) is 5.75 Å². The Labute approximate surface area is 99.3 Å². The third-order valence-electron chi connectivity index (χ3n) is 2.16. The van der Waals surface area contributed by atoms with E-state index in [0.717, 1.165) is 6.92 Å². The zero-order chi connectivity index (χ0) is 13.1. The first kappa shape index (κ1) is 13.3. The lowest BCUT2D eigenvalue weighted by Crippen LogP contribution is -2.32. The molecule has 0 radical (unpaired) electrons. The molecule has 0 heterocycles. The first-order valence-corrected chi connectivity index (χ1v) is 6.30. The zero-order valence-electron chi connectivity index (χ0n) is 9.38. The number of ether oxygens (including phenoxy) is 1. The fourth-order valence-corrected chi connectivity index (χ4v) is 1.95. The molecule has 7 heteroatoms. The maximum absolute atomic E-state index is 11.6. The standard InChI is InChI=1S/C10H13NO5S/c1-7(10(12)13)17(14,15)11-8-3-5-9(16-2)6-4-8/h3-7,11H,1-2H3,(H,12,13). The summed E-state index contributed by atoms with van der Waals surface area (Å²) >= 11 is 0. The number of anilines is 1. The molecule has 1 rings (SSSR count). The number of hydrogen-bond donors (Lipinski definition) is 2. The molecule has 1 aromatic rings. The molecule has 0 fully saturated rings. The van der Waals surface area contributed by atoms with Gasteiger partial charge in [0.2, 0.25) is 10.0 Å². The van der Waals surface area contributed by atoms with Gasteiger partial charge in [0.15, 0.2) is 5.25 Å². The van der Waals surface area contributed by atoms with Crippen LogP contribution in [-0.2, 0) is 14.8 Å². The Balaban J connectivity index is 2.86. The molecular weight excluding hydrogens is 246 g/mol. The number of benzene rings is 1. The van der Waals surface area contributed by atoms with E-state index < -0.39 is 21.2 Å². The molecule has 0 spiro atoms. The van der Waals surface area contributed by atoms with E-state index >= 15 is 0 Å². The van der Waals surface area contributed by atoms with E-state index in [1.54, 1.807) is 12.1 Å². The normalized spacial score (nSPS) is 12.8. The van der Waals surface area contributed by atoms with E-state index in [2.05, 4.69) is 4.72 Å². The summed E-state index contributed by atoms with van der Waals surface area (Å²) < 4.78 is 30.2. The molecule has 0 aliphatic rings. The predicted octanol–water partition coefficient (Wildman–Crippen LogP) is 0.910. The van der Waals surface area contributed by atoms with Crippen molar-refractivity contribution in [1.29, 1.82) is 0 Å². The van der Waals surface area contributed by atoms with E-state index in [1.807, 2.05) is 0 Å². The lowest BCUT2D eigenvalue weighted by atomic mass is 10.3. The Bertz CT molecular complexity index is 494. The highest BCUT2D eigenvalue weighted by atomic mass is 32.2. The van der Waals surface area contributed by atoms with Gasteiger partial charge < -0.3 is 9.84 Å². The van der Waals surface area contributed by atoms with Crippen LogP contribution in [0.1, 0.15) is 6.92 Å². The quantitative estimate of drug-likeness (QED) is 0.819. The Hall–Kier alpha value is -1.76. The highest BCUT2D eigenvalue weighted by Gasteiger charge is 2.27. The molecule has 0 saturated carbocycles. The molecule has 0 aliphatic heterocycles. The van der Waals surface area contributed by atoms with Gasteiger partial charge in [0, 0.05) is 5.69 Å². The molecule has 2 N–H and O–H groups in total. The summed E-state index contributed by atoms with van der Waals surface area (Å²) in [6.45, 7) is 1.11. The molecule has 0 aliphatic carbocycles. The van der Waals surface area contributed by atoms with Crippen molar-refractivity contribution in [2.75, 3.05) is 11.8 Å². The summed E-state index contributed by atoms with van der Waals surface area (Å²) in [6, 6.07) is 6.13. The first-order chi connectivity index (χ1) is 7.86. The third kappa shape index (κ3) is 3.35. The van der Waals surface area contributed by atoms with Crippen molar-refractivity contribution in [2.45, 2.75) is 12.2 Å². The first-order valence-electron chi connectivity index (χ1n) is 4.75. The van der Waals surface area contributed by atoms with Crippen LogP contribution >= 0.6 is 0 Å². The number of methoxy groups -OCH3 is 1. The number of carboxylic acid groups (broad SMARTS) is 1. The van der Waals surface area contributed by atoms with Crippen molar-refractivity contribution < 1.29 is 23.1 Å². The topological polar surface area (TPSA) is 92.7 Å². The fourth-order valence-electron chi connectivity index (χ4n) is 1.04. The zero-order valence-corrected chi connectivity index (χ0v) is 10.2. The van der Waals surface area contributed by atoms with Gasteiger partial charge >= 0.3 is 5.97 Å². The lowest BCUT2D eigenvalue weighted by molar-refractivity contribution is -0.136. The van der Waals surface area contributed by atoms with Crippen LogP contribution in [0, 0.1) is 0 Å². The summed E-state index contributed by atoms with van der Waals surface area (Å²) in [5, 5.41) is 7.13. The van der Waals surface area contributed by atoms with E-state index in [9.17, 15) is 13.2 Å². The number of rotatable bonds is 5. The number of carbonyl (C=O) groups is 1. The third-order valence-corrected chi connectivity index (χ3v) is 3.82. The molecule has 0 amide bonds. The Kier molecular flexibility index (Phi) is 3.95. The number of nitrogens with one attached hydrogen (secondary N) is 1. The van der Waals surface area contributed by atoms with Crippen molar-refractivity contribution >= 4 is 21.7 Å². The average Bonchev–Trinajstić information content (AvgIpc) is 2.28. The van der Waals surface area contributed by atoms with Crippen LogP contribution in [0.25, 0.3) is 0 Å². The van der Waals surface area contributed by atoms with E-state index in [4.69, 9.17) is 9.84 Å². The van der Waals surface area contributed by atoms with Gasteiger partial charge in [0.05, 0.1) is 7.11 Å². The number of hydrogen-bond acceptors (Lipinski definition) is 4. The average molecular weight is 259 g/mol. The molecule has 1 unspecified atom stereocenters. The number of carboxylic acids is 1. The van der Waals surface area contributed by atoms with Crippen molar-refractivity contribution in [3.8, 4) is 5.75 Å². The molecule has 0 aromatic heterocycles. The SMILES string of the molecule is COc1ccc(NS(=O)(=O)C(C)C(=O)O)cc1. The second-order valence-electron chi connectivity index (χ2n) is 3.36. The number of aliphatic carboxylic acids is 1. The highest BCUT2D eigenvalue weighted by Crippen LogP contribution is 2.17. The maximum atomic E-state index is 11.6. The van der Waals surface area contributed by atoms with E-state index in [0.29, 0.717) is 11.4 Å². The Morgan fingerprint density at radius 2 is 1.88 bits per heavy atom. The molecular formula is C10H13NO5S. The van der Waals surface area contributed by atoms with Gasteiger partial charge in [-0.1, -0.05) is 0 Å². The van der Waals surface area contributed by atoms with Crippen LogP contribution in [0.15, 0.2) is 24.3 Å². The minimum absolute atomic E-state index is 0.291. The molecule has 0 bridgehead atoms. The van der Waals surface area contributed by atoms with Crippen molar-refractivity contribution in [1.82, 2.24) is 0 Å². The minimum atomic E-state index is -3.92. The smallest absolute Gasteiger partial charge is 0.323 e.